The standard InChI is InChI=1S/C12H18IN3O/c1-12(2,17-4)11-15-9(7-5-6-7)8(13)10(14-3)16-11/h7H,5-6H2,1-4H3,(H,14,15,16). The number of hydrogen-bond acceptors (Lipinski definition) is 4. The van der Waals surface area contributed by atoms with Crippen molar-refractivity contribution in [2.75, 3.05) is 19.5 Å². The van der Waals surface area contributed by atoms with E-state index in [1.165, 1.54) is 18.5 Å². The summed E-state index contributed by atoms with van der Waals surface area (Å²) < 4.78 is 6.60. The lowest BCUT2D eigenvalue weighted by Crippen LogP contribution is -2.24. The monoisotopic (exact) mass is 347 g/mol. The number of methoxy groups -OCH3 is 1. The Bertz CT molecular complexity index is 430. The second-order valence-corrected chi connectivity index (χ2v) is 5.91. The van der Waals surface area contributed by atoms with E-state index in [2.05, 4.69) is 32.9 Å². The van der Waals surface area contributed by atoms with Crippen LogP contribution in [0.15, 0.2) is 0 Å². The lowest BCUT2D eigenvalue weighted by molar-refractivity contribution is 0.0114. The molecule has 2 rings (SSSR count). The second-order valence-electron chi connectivity index (χ2n) is 4.83. The maximum Gasteiger partial charge on any atom is 0.162 e. The molecule has 1 N–H and O–H groups in total. The van der Waals surface area contributed by atoms with E-state index in [-0.39, 0.29) is 0 Å². The molecule has 1 aliphatic rings. The summed E-state index contributed by atoms with van der Waals surface area (Å²) in [5, 5.41) is 3.14. The smallest absolute Gasteiger partial charge is 0.162 e. The minimum absolute atomic E-state index is 0.445. The molecule has 1 saturated carbocycles. The number of nitrogens with one attached hydrogen (secondary N) is 1. The van der Waals surface area contributed by atoms with Crippen LogP contribution in [0.3, 0.4) is 0 Å². The van der Waals surface area contributed by atoms with E-state index in [4.69, 9.17) is 9.72 Å². The van der Waals surface area contributed by atoms with Crippen LogP contribution < -0.4 is 5.32 Å². The van der Waals surface area contributed by atoms with Crippen LogP contribution in [0.2, 0.25) is 0 Å². The van der Waals surface area contributed by atoms with Gasteiger partial charge in [-0.05, 0) is 49.3 Å². The Balaban J connectivity index is 2.50. The first-order valence-corrected chi connectivity index (χ1v) is 6.88. The fraction of sp³-hybridized carbons (Fsp3) is 0.667. The molecule has 0 spiro atoms. The van der Waals surface area contributed by atoms with E-state index >= 15 is 0 Å². The summed E-state index contributed by atoms with van der Waals surface area (Å²) in [6, 6.07) is 0. The zero-order valence-corrected chi connectivity index (χ0v) is 12.8. The molecule has 1 fully saturated rings. The van der Waals surface area contributed by atoms with Gasteiger partial charge in [-0.2, -0.15) is 0 Å². The van der Waals surface area contributed by atoms with E-state index in [9.17, 15) is 0 Å². The Hall–Kier alpha value is -0.430. The van der Waals surface area contributed by atoms with Gasteiger partial charge in [0.05, 0.1) is 9.26 Å². The molecule has 0 radical (unpaired) electrons. The first-order valence-electron chi connectivity index (χ1n) is 5.80. The normalized spacial score (nSPS) is 16.1. The van der Waals surface area contributed by atoms with Crippen molar-refractivity contribution in [1.29, 1.82) is 0 Å². The van der Waals surface area contributed by atoms with Gasteiger partial charge in [0, 0.05) is 20.1 Å². The SMILES string of the molecule is CNc1nc(C(C)(C)OC)nc(C2CC2)c1I. The highest BCUT2D eigenvalue weighted by molar-refractivity contribution is 14.1. The average Bonchev–Trinajstić information content (AvgIpc) is 3.13. The van der Waals surface area contributed by atoms with E-state index in [1.807, 2.05) is 20.9 Å². The van der Waals surface area contributed by atoms with Gasteiger partial charge in [-0.15, -0.1) is 0 Å². The summed E-state index contributed by atoms with van der Waals surface area (Å²) in [6.07, 6.45) is 2.48. The summed E-state index contributed by atoms with van der Waals surface area (Å²) in [4.78, 5) is 9.25. The molecule has 1 aromatic heterocycles. The third kappa shape index (κ3) is 2.54. The second kappa shape index (κ2) is 4.68. The van der Waals surface area contributed by atoms with Gasteiger partial charge in [0.2, 0.25) is 0 Å². The summed E-state index contributed by atoms with van der Waals surface area (Å²) in [5.41, 5.74) is 0.727. The van der Waals surface area contributed by atoms with Crippen LogP contribution in [-0.2, 0) is 10.3 Å². The summed E-state index contributed by atoms with van der Waals surface area (Å²) in [6.45, 7) is 3.98. The molecule has 0 unspecified atom stereocenters. The molecule has 0 aliphatic heterocycles. The summed E-state index contributed by atoms with van der Waals surface area (Å²) in [5.74, 6) is 2.28. The van der Waals surface area contributed by atoms with Crippen LogP contribution in [-0.4, -0.2) is 24.1 Å². The molecule has 1 aliphatic carbocycles. The lowest BCUT2D eigenvalue weighted by atomic mass is 10.1. The van der Waals surface area contributed by atoms with Crippen molar-refractivity contribution in [3.63, 3.8) is 0 Å². The van der Waals surface area contributed by atoms with Gasteiger partial charge in [-0.3, -0.25) is 0 Å². The third-order valence-electron chi connectivity index (χ3n) is 3.13. The molecule has 17 heavy (non-hydrogen) atoms. The molecule has 1 heterocycles. The van der Waals surface area contributed by atoms with Gasteiger partial charge in [0.1, 0.15) is 11.4 Å². The van der Waals surface area contributed by atoms with Crippen LogP contribution in [0.25, 0.3) is 0 Å². The molecule has 1 aromatic rings. The van der Waals surface area contributed by atoms with Gasteiger partial charge in [-0.1, -0.05) is 0 Å². The zero-order chi connectivity index (χ0) is 12.6. The number of ether oxygens (including phenoxy) is 1. The van der Waals surface area contributed by atoms with Crippen molar-refractivity contribution < 1.29 is 4.74 Å². The number of halogens is 1. The van der Waals surface area contributed by atoms with E-state index in [0.29, 0.717) is 5.92 Å². The maximum absolute atomic E-state index is 5.46. The summed E-state index contributed by atoms with van der Waals surface area (Å²) >= 11 is 2.32. The Kier molecular flexibility index (Phi) is 3.58. The average molecular weight is 347 g/mol. The molecular formula is C12H18IN3O. The molecular weight excluding hydrogens is 329 g/mol. The maximum atomic E-state index is 5.46. The van der Waals surface area contributed by atoms with Crippen LogP contribution in [0.5, 0.6) is 0 Å². The lowest BCUT2D eigenvalue weighted by Gasteiger charge is -2.23. The Labute approximate surface area is 116 Å². The largest absolute Gasteiger partial charge is 0.372 e. The highest BCUT2D eigenvalue weighted by atomic mass is 127. The number of aromatic nitrogens is 2. The van der Waals surface area contributed by atoms with Gasteiger partial charge >= 0.3 is 0 Å². The van der Waals surface area contributed by atoms with E-state index in [1.54, 1.807) is 7.11 Å². The van der Waals surface area contributed by atoms with Crippen LogP contribution in [0, 0.1) is 3.57 Å². The topological polar surface area (TPSA) is 47.0 Å². The zero-order valence-electron chi connectivity index (χ0n) is 10.7. The Morgan fingerprint density at radius 1 is 1.35 bits per heavy atom. The molecule has 0 bridgehead atoms. The minimum Gasteiger partial charge on any atom is -0.372 e. The molecule has 0 atom stereocenters. The van der Waals surface area contributed by atoms with Crippen molar-refractivity contribution in [2.24, 2.45) is 0 Å². The fourth-order valence-corrected chi connectivity index (χ4v) is 2.57. The third-order valence-corrected chi connectivity index (χ3v) is 4.19. The first-order chi connectivity index (χ1) is 7.99. The van der Waals surface area contributed by atoms with Gasteiger partial charge < -0.3 is 10.1 Å². The van der Waals surface area contributed by atoms with E-state index in [0.717, 1.165) is 15.2 Å². The number of rotatable bonds is 4. The molecule has 5 heteroatoms. The Morgan fingerprint density at radius 2 is 2.00 bits per heavy atom. The predicted molar refractivity (Wildman–Crippen MR) is 76.3 cm³/mol. The Morgan fingerprint density at radius 3 is 2.47 bits per heavy atom. The molecule has 4 nitrogen and oxygen atoms in total. The van der Waals surface area contributed by atoms with Gasteiger partial charge in [0.15, 0.2) is 5.82 Å². The molecule has 94 valence electrons. The van der Waals surface area contributed by atoms with E-state index < -0.39 is 5.60 Å². The van der Waals surface area contributed by atoms with Crippen molar-refractivity contribution in [1.82, 2.24) is 9.97 Å². The van der Waals surface area contributed by atoms with Crippen molar-refractivity contribution in [2.45, 2.75) is 38.2 Å². The highest BCUT2D eigenvalue weighted by Gasteiger charge is 2.32. The molecule has 0 amide bonds. The van der Waals surface area contributed by atoms with Gasteiger partial charge in [0.25, 0.3) is 0 Å². The van der Waals surface area contributed by atoms with Crippen LogP contribution in [0.4, 0.5) is 5.82 Å². The van der Waals surface area contributed by atoms with Gasteiger partial charge in [-0.25, -0.2) is 9.97 Å². The van der Waals surface area contributed by atoms with Crippen molar-refractivity contribution in [3.05, 3.63) is 15.1 Å². The minimum atomic E-state index is -0.445. The quantitative estimate of drug-likeness (QED) is 0.851. The van der Waals surface area contributed by atoms with Crippen molar-refractivity contribution in [3.8, 4) is 0 Å². The number of anilines is 1. The number of hydrogen-bond donors (Lipinski definition) is 1. The van der Waals surface area contributed by atoms with Crippen LogP contribution >= 0.6 is 22.6 Å². The first kappa shape index (κ1) is 13.0. The van der Waals surface area contributed by atoms with Crippen LogP contribution in [0.1, 0.15) is 44.1 Å². The fourth-order valence-electron chi connectivity index (χ4n) is 1.62. The van der Waals surface area contributed by atoms with Crippen molar-refractivity contribution >= 4 is 28.4 Å². The predicted octanol–water partition coefficient (Wildman–Crippen LogP) is 2.88. The highest BCUT2D eigenvalue weighted by Crippen LogP contribution is 2.42. The summed E-state index contributed by atoms with van der Waals surface area (Å²) in [7, 11) is 3.59. The number of nitrogens with zero attached hydrogens (tertiary/aromatic N) is 2. The molecule has 0 saturated heterocycles. The molecule has 0 aromatic carbocycles.